The molecule has 0 saturated carbocycles. The number of amidine groups is 1. The van der Waals surface area contributed by atoms with Crippen LogP contribution in [0.4, 0.5) is 5.69 Å². The number of hydrogen-bond acceptors (Lipinski definition) is 6. The van der Waals surface area contributed by atoms with Gasteiger partial charge in [-0.15, -0.1) is 0 Å². The number of carboxylic acid groups (broad SMARTS) is 1. The van der Waals surface area contributed by atoms with Crippen molar-refractivity contribution in [1.29, 1.82) is 5.41 Å². The van der Waals surface area contributed by atoms with Crippen LogP contribution in [-0.4, -0.2) is 46.5 Å². The number of para-hydroxylation sites is 1. The minimum absolute atomic E-state index is 0.0410. The Morgan fingerprint density at radius 3 is 2.31 bits per heavy atom. The topological polar surface area (TPSA) is 162 Å². The number of carboxylic acids is 1. The number of anilines is 1. The van der Waals surface area contributed by atoms with Crippen molar-refractivity contribution < 1.29 is 24.3 Å². The maximum atomic E-state index is 12.7. The van der Waals surface area contributed by atoms with Gasteiger partial charge in [0.15, 0.2) is 11.8 Å². The van der Waals surface area contributed by atoms with Gasteiger partial charge in [-0.1, -0.05) is 42.8 Å². The molecule has 1 aliphatic rings. The van der Waals surface area contributed by atoms with Crippen LogP contribution in [0.25, 0.3) is 0 Å². The van der Waals surface area contributed by atoms with Gasteiger partial charge in [0.25, 0.3) is 5.91 Å². The smallest absolute Gasteiger partial charge is 0.326 e. The second kappa shape index (κ2) is 11.9. The van der Waals surface area contributed by atoms with Gasteiger partial charge in [-0.3, -0.25) is 19.8 Å². The Kier molecular flexibility index (Phi) is 8.72. The zero-order valence-electron chi connectivity index (χ0n) is 19.4. The van der Waals surface area contributed by atoms with Crippen molar-refractivity contribution in [2.45, 2.75) is 57.0 Å². The zero-order chi connectivity index (χ0) is 25.4. The summed E-state index contributed by atoms with van der Waals surface area (Å²) in [7, 11) is 0. The lowest BCUT2D eigenvalue weighted by molar-refractivity contribution is -0.141. The van der Waals surface area contributed by atoms with E-state index in [0.717, 1.165) is 24.8 Å². The standard InChI is InChI=1S/C26H30N4O5/c27-22(28)9-3-1-2-6-18(31)14-16-10-12-17(13-11-16)15-21(26(34)35)30-25(33)23-24(32)19-7-4-5-8-20(19)29-23/h4-5,7-8,10-13,21,23,29H,1-3,6,9,14-15H2,(H3,27,28)(H,30,33)(H,34,35)/t21-,23?/m0/s1. The van der Waals surface area contributed by atoms with Gasteiger partial charge in [0.2, 0.25) is 0 Å². The van der Waals surface area contributed by atoms with Gasteiger partial charge in [-0.25, -0.2) is 4.79 Å². The highest BCUT2D eigenvalue weighted by Gasteiger charge is 2.36. The van der Waals surface area contributed by atoms with E-state index in [1.54, 1.807) is 48.5 Å². The van der Waals surface area contributed by atoms with Crippen LogP contribution in [0.2, 0.25) is 0 Å². The Morgan fingerprint density at radius 1 is 1.00 bits per heavy atom. The molecule has 0 bridgehead atoms. The molecule has 0 spiro atoms. The number of unbranched alkanes of at least 4 members (excludes halogenated alkanes) is 2. The molecule has 3 rings (SSSR count). The normalized spacial score (nSPS) is 15.1. The fraction of sp³-hybridized carbons (Fsp3) is 0.346. The molecule has 1 amide bonds. The molecular formula is C26H30N4O5. The van der Waals surface area contributed by atoms with Gasteiger partial charge in [0.1, 0.15) is 11.8 Å². The molecule has 9 heteroatoms. The van der Waals surface area contributed by atoms with E-state index in [9.17, 15) is 24.3 Å². The molecule has 0 fully saturated rings. The summed E-state index contributed by atoms with van der Waals surface area (Å²) in [5.74, 6) is -2.01. The number of benzene rings is 2. The number of ketones is 2. The molecular weight excluding hydrogens is 448 g/mol. The molecule has 184 valence electrons. The highest BCUT2D eigenvalue weighted by Crippen LogP contribution is 2.25. The molecule has 9 nitrogen and oxygen atoms in total. The van der Waals surface area contributed by atoms with E-state index in [1.807, 2.05) is 0 Å². The van der Waals surface area contributed by atoms with E-state index in [2.05, 4.69) is 10.6 Å². The number of fused-ring (bicyclic) bond motifs is 1. The van der Waals surface area contributed by atoms with Crippen molar-refractivity contribution in [2.75, 3.05) is 5.32 Å². The third-order valence-electron chi connectivity index (χ3n) is 5.90. The predicted molar refractivity (Wildman–Crippen MR) is 132 cm³/mol. The lowest BCUT2D eigenvalue weighted by Gasteiger charge is -2.17. The number of hydrogen-bond donors (Lipinski definition) is 5. The Morgan fingerprint density at radius 2 is 1.66 bits per heavy atom. The van der Waals surface area contributed by atoms with Crippen molar-refractivity contribution in [1.82, 2.24) is 5.32 Å². The van der Waals surface area contributed by atoms with Gasteiger partial charge < -0.3 is 21.5 Å². The summed E-state index contributed by atoms with van der Waals surface area (Å²) >= 11 is 0. The van der Waals surface area contributed by atoms with Crippen molar-refractivity contribution in [3.63, 3.8) is 0 Å². The molecule has 2 aromatic carbocycles. The Bertz CT molecular complexity index is 1110. The Balaban J connectivity index is 1.50. The molecule has 0 radical (unpaired) electrons. The zero-order valence-corrected chi connectivity index (χ0v) is 19.4. The third-order valence-corrected chi connectivity index (χ3v) is 5.90. The van der Waals surface area contributed by atoms with Crippen molar-refractivity contribution >= 4 is 35.0 Å². The fourth-order valence-electron chi connectivity index (χ4n) is 4.00. The highest BCUT2D eigenvalue weighted by atomic mass is 16.4. The molecule has 1 heterocycles. The van der Waals surface area contributed by atoms with Crippen molar-refractivity contribution in [3.05, 3.63) is 65.2 Å². The number of carbonyl (C=O) groups is 4. The molecule has 0 aliphatic carbocycles. The lowest BCUT2D eigenvalue weighted by Crippen LogP contribution is -2.49. The number of rotatable bonds is 13. The van der Waals surface area contributed by atoms with Crippen molar-refractivity contribution in [3.8, 4) is 0 Å². The Labute approximate surface area is 203 Å². The van der Waals surface area contributed by atoms with Crippen molar-refractivity contribution in [2.24, 2.45) is 5.73 Å². The maximum Gasteiger partial charge on any atom is 0.326 e. The summed E-state index contributed by atoms with van der Waals surface area (Å²) in [5.41, 5.74) is 7.78. The van der Waals surface area contributed by atoms with Gasteiger partial charge in [0, 0.05) is 36.9 Å². The van der Waals surface area contributed by atoms with E-state index in [1.165, 1.54) is 0 Å². The first-order chi connectivity index (χ1) is 16.7. The minimum atomic E-state index is -1.21. The van der Waals surface area contributed by atoms with E-state index in [-0.39, 0.29) is 18.0 Å². The summed E-state index contributed by atoms with van der Waals surface area (Å²) < 4.78 is 0. The molecule has 0 aromatic heterocycles. The van der Waals surface area contributed by atoms with Crippen LogP contribution in [0, 0.1) is 5.41 Å². The largest absolute Gasteiger partial charge is 0.480 e. The SMILES string of the molecule is N=C(N)CCCCCC(=O)Cc1ccc(C[C@H](NC(=O)C2Nc3ccccc3C2=O)C(=O)O)cc1. The fourth-order valence-corrected chi connectivity index (χ4v) is 4.00. The van der Waals surface area contributed by atoms with Gasteiger partial charge in [-0.2, -0.15) is 0 Å². The van der Waals surface area contributed by atoms with E-state index in [0.29, 0.717) is 36.1 Å². The van der Waals surface area contributed by atoms with Crippen LogP contribution in [0.3, 0.4) is 0 Å². The van der Waals surface area contributed by atoms with Crippen LogP contribution >= 0.6 is 0 Å². The first kappa shape index (κ1) is 25.6. The number of Topliss-reactive ketones (excluding diaryl/α,β-unsaturated/α-hetero) is 2. The molecule has 1 aliphatic heterocycles. The minimum Gasteiger partial charge on any atom is -0.480 e. The summed E-state index contributed by atoms with van der Waals surface area (Å²) in [6.45, 7) is 0. The monoisotopic (exact) mass is 478 g/mol. The number of amides is 1. The van der Waals surface area contributed by atoms with E-state index in [4.69, 9.17) is 11.1 Å². The number of aliphatic carboxylic acids is 1. The van der Waals surface area contributed by atoms with E-state index < -0.39 is 29.7 Å². The first-order valence-electron chi connectivity index (χ1n) is 11.6. The van der Waals surface area contributed by atoms with Gasteiger partial charge >= 0.3 is 5.97 Å². The average molecular weight is 479 g/mol. The first-order valence-corrected chi connectivity index (χ1v) is 11.6. The molecule has 0 saturated heterocycles. The molecule has 6 N–H and O–H groups in total. The second-order valence-corrected chi connectivity index (χ2v) is 8.71. The number of nitrogens with two attached hydrogens (primary N) is 1. The summed E-state index contributed by atoms with van der Waals surface area (Å²) in [6.07, 6.45) is 3.76. The predicted octanol–water partition coefficient (Wildman–Crippen LogP) is 2.47. The van der Waals surface area contributed by atoms with Crippen LogP contribution in [-0.2, 0) is 27.2 Å². The van der Waals surface area contributed by atoms with Crippen LogP contribution in [0.15, 0.2) is 48.5 Å². The lowest BCUT2D eigenvalue weighted by atomic mass is 10.00. The van der Waals surface area contributed by atoms with E-state index >= 15 is 0 Å². The van der Waals surface area contributed by atoms with Crippen LogP contribution in [0.5, 0.6) is 0 Å². The quantitative estimate of drug-likeness (QED) is 0.128. The average Bonchev–Trinajstić information content (AvgIpc) is 3.16. The highest BCUT2D eigenvalue weighted by molar-refractivity contribution is 6.21. The summed E-state index contributed by atoms with van der Waals surface area (Å²) in [5, 5.41) is 22.1. The number of carbonyl (C=O) groups excluding carboxylic acids is 3. The van der Waals surface area contributed by atoms with Gasteiger partial charge in [0.05, 0.1) is 5.84 Å². The summed E-state index contributed by atoms with van der Waals surface area (Å²) in [6, 6.07) is 11.4. The summed E-state index contributed by atoms with van der Waals surface area (Å²) in [4.78, 5) is 49.1. The molecule has 2 atom stereocenters. The van der Waals surface area contributed by atoms with Crippen LogP contribution < -0.4 is 16.4 Å². The Hall–Kier alpha value is -4.01. The third kappa shape index (κ3) is 7.23. The molecule has 2 aromatic rings. The second-order valence-electron chi connectivity index (χ2n) is 8.71. The maximum absolute atomic E-state index is 12.7. The van der Waals surface area contributed by atoms with Gasteiger partial charge in [-0.05, 0) is 36.1 Å². The number of nitrogens with one attached hydrogen (secondary N) is 3. The molecule has 35 heavy (non-hydrogen) atoms. The van der Waals surface area contributed by atoms with Crippen LogP contribution in [0.1, 0.15) is 53.6 Å². The molecule has 1 unspecified atom stereocenters.